The molecule has 2 aliphatic rings. The highest BCUT2D eigenvalue weighted by Crippen LogP contribution is 2.29. The van der Waals surface area contributed by atoms with Gasteiger partial charge in [0.2, 0.25) is 0 Å². The van der Waals surface area contributed by atoms with Crippen molar-refractivity contribution in [1.29, 1.82) is 0 Å². The molecule has 0 aromatic carbocycles. The van der Waals surface area contributed by atoms with E-state index in [9.17, 15) is 4.79 Å². The van der Waals surface area contributed by atoms with E-state index < -0.39 is 0 Å². The van der Waals surface area contributed by atoms with E-state index >= 15 is 0 Å². The van der Waals surface area contributed by atoms with E-state index in [-0.39, 0.29) is 5.56 Å². The third kappa shape index (κ3) is 2.27. The van der Waals surface area contributed by atoms with Gasteiger partial charge in [-0.3, -0.25) is 9.69 Å². The molecule has 2 heterocycles. The highest BCUT2D eigenvalue weighted by Gasteiger charge is 2.33. The van der Waals surface area contributed by atoms with Crippen molar-refractivity contribution in [1.82, 2.24) is 14.7 Å². The highest BCUT2D eigenvalue weighted by molar-refractivity contribution is 4.90. The topological polar surface area (TPSA) is 38.1 Å². The molecule has 1 saturated heterocycles. The number of likely N-dealkylation sites (tertiary alicyclic amines) is 1. The fourth-order valence-corrected chi connectivity index (χ4v) is 3.06. The van der Waals surface area contributed by atoms with Gasteiger partial charge < -0.3 is 0 Å². The van der Waals surface area contributed by atoms with E-state index in [0.717, 1.165) is 25.7 Å². The fraction of sp³-hybridized carbons (Fsp3) is 0.692. The summed E-state index contributed by atoms with van der Waals surface area (Å²) < 4.78 is 1.59. The Morgan fingerprint density at radius 1 is 1.29 bits per heavy atom. The molecule has 0 radical (unpaired) electrons. The Morgan fingerprint density at radius 2 is 2.06 bits per heavy atom. The van der Waals surface area contributed by atoms with Crippen LogP contribution in [-0.2, 0) is 6.54 Å². The Balaban J connectivity index is 1.53. The van der Waals surface area contributed by atoms with Gasteiger partial charge in [0, 0.05) is 37.3 Å². The molecule has 0 amide bonds. The minimum absolute atomic E-state index is 0.0202. The third-order valence-electron chi connectivity index (χ3n) is 4.04. The molecule has 3 rings (SSSR count). The predicted molar refractivity (Wildman–Crippen MR) is 65.8 cm³/mol. The number of aromatic nitrogens is 2. The zero-order valence-electron chi connectivity index (χ0n) is 10.1. The summed E-state index contributed by atoms with van der Waals surface area (Å²) >= 11 is 0. The van der Waals surface area contributed by atoms with Crippen LogP contribution in [0.2, 0.25) is 0 Å². The SMILES string of the molecule is O=c1cccnn1CC1CN(C2CCCC2)C1. The summed E-state index contributed by atoms with van der Waals surface area (Å²) in [5.41, 5.74) is 0.0202. The normalized spacial score (nSPS) is 22.8. The first kappa shape index (κ1) is 11.0. The molecular weight excluding hydrogens is 214 g/mol. The van der Waals surface area contributed by atoms with Crippen molar-refractivity contribution in [2.75, 3.05) is 13.1 Å². The first-order valence-corrected chi connectivity index (χ1v) is 6.59. The zero-order valence-corrected chi connectivity index (χ0v) is 10.1. The van der Waals surface area contributed by atoms with Crippen LogP contribution in [0.25, 0.3) is 0 Å². The van der Waals surface area contributed by atoms with Crippen LogP contribution >= 0.6 is 0 Å². The molecule has 0 spiro atoms. The van der Waals surface area contributed by atoms with Gasteiger partial charge in [-0.15, -0.1) is 0 Å². The summed E-state index contributed by atoms with van der Waals surface area (Å²) in [5.74, 6) is 0.614. The van der Waals surface area contributed by atoms with Crippen molar-refractivity contribution in [2.24, 2.45) is 5.92 Å². The summed E-state index contributed by atoms with van der Waals surface area (Å²) in [7, 11) is 0. The standard InChI is InChI=1S/C13H19N3O/c17-13-6-3-7-14-16(13)10-11-8-15(9-11)12-4-1-2-5-12/h3,6-7,11-12H,1-2,4-5,8-10H2. The van der Waals surface area contributed by atoms with Gasteiger partial charge >= 0.3 is 0 Å². The second-order valence-electron chi connectivity index (χ2n) is 5.30. The van der Waals surface area contributed by atoms with Crippen LogP contribution in [0.1, 0.15) is 25.7 Å². The number of nitrogens with zero attached hydrogens (tertiary/aromatic N) is 3. The molecule has 0 unspecified atom stereocenters. The summed E-state index contributed by atoms with van der Waals surface area (Å²) in [4.78, 5) is 14.1. The smallest absolute Gasteiger partial charge is 0.266 e. The maximum Gasteiger partial charge on any atom is 0.266 e. The Bertz CT molecular complexity index is 430. The van der Waals surface area contributed by atoms with Crippen molar-refractivity contribution < 1.29 is 0 Å². The fourth-order valence-electron chi connectivity index (χ4n) is 3.06. The van der Waals surface area contributed by atoms with Crippen molar-refractivity contribution in [2.45, 2.75) is 38.3 Å². The number of hydrogen-bond acceptors (Lipinski definition) is 3. The lowest BCUT2D eigenvalue weighted by molar-refractivity contribution is 0.0430. The van der Waals surface area contributed by atoms with Gasteiger partial charge in [-0.25, -0.2) is 4.68 Å². The quantitative estimate of drug-likeness (QED) is 0.785. The minimum atomic E-state index is 0.0202. The molecule has 17 heavy (non-hydrogen) atoms. The maximum atomic E-state index is 11.5. The second-order valence-corrected chi connectivity index (χ2v) is 5.30. The van der Waals surface area contributed by atoms with Crippen LogP contribution in [0.15, 0.2) is 23.1 Å². The summed E-state index contributed by atoms with van der Waals surface area (Å²) in [5, 5.41) is 4.11. The lowest BCUT2D eigenvalue weighted by atomic mass is 9.97. The lowest BCUT2D eigenvalue weighted by Crippen LogP contribution is -2.53. The molecule has 2 fully saturated rings. The molecule has 92 valence electrons. The van der Waals surface area contributed by atoms with Gasteiger partial charge in [0.15, 0.2) is 0 Å². The van der Waals surface area contributed by atoms with Crippen molar-refractivity contribution in [3.8, 4) is 0 Å². The molecule has 4 heteroatoms. The van der Waals surface area contributed by atoms with E-state index in [1.54, 1.807) is 23.0 Å². The molecule has 1 aliphatic carbocycles. The summed E-state index contributed by atoms with van der Waals surface area (Å²) in [6.07, 6.45) is 7.22. The monoisotopic (exact) mass is 233 g/mol. The predicted octanol–water partition coefficient (Wildman–Crippen LogP) is 1.12. The van der Waals surface area contributed by atoms with Crippen LogP contribution in [0.4, 0.5) is 0 Å². The van der Waals surface area contributed by atoms with Gasteiger partial charge in [0.05, 0.1) is 6.54 Å². The highest BCUT2D eigenvalue weighted by atomic mass is 16.1. The summed E-state index contributed by atoms with van der Waals surface area (Å²) in [6.45, 7) is 3.07. The van der Waals surface area contributed by atoms with Gasteiger partial charge in [-0.2, -0.15) is 5.10 Å². The maximum absolute atomic E-state index is 11.5. The molecule has 1 aromatic heterocycles. The molecular formula is C13H19N3O. The first-order chi connectivity index (χ1) is 8.33. The molecule has 0 bridgehead atoms. The van der Waals surface area contributed by atoms with E-state index in [0.29, 0.717) is 5.92 Å². The van der Waals surface area contributed by atoms with E-state index in [4.69, 9.17) is 0 Å². The van der Waals surface area contributed by atoms with Gasteiger partial charge in [0.1, 0.15) is 0 Å². The Morgan fingerprint density at radius 3 is 2.76 bits per heavy atom. The molecule has 1 saturated carbocycles. The number of hydrogen-bond donors (Lipinski definition) is 0. The van der Waals surface area contributed by atoms with Crippen LogP contribution in [-0.4, -0.2) is 33.8 Å². The largest absolute Gasteiger partial charge is 0.300 e. The van der Waals surface area contributed by atoms with Gasteiger partial charge in [-0.05, 0) is 18.9 Å². The van der Waals surface area contributed by atoms with Crippen molar-refractivity contribution >= 4 is 0 Å². The average Bonchev–Trinajstić information content (AvgIpc) is 2.78. The summed E-state index contributed by atoms with van der Waals surface area (Å²) in [6, 6.07) is 4.11. The Kier molecular flexibility index (Phi) is 2.97. The Labute approximate surface area is 101 Å². The molecule has 1 aromatic rings. The molecule has 0 N–H and O–H groups in total. The Hall–Kier alpha value is -1.16. The van der Waals surface area contributed by atoms with Crippen molar-refractivity contribution in [3.05, 3.63) is 28.7 Å². The first-order valence-electron chi connectivity index (χ1n) is 6.59. The van der Waals surface area contributed by atoms with Crippen LogP contribution in [0.5, 0.6) is 0 Å². The minimum Gasteiger partial charge on any atom is -0.300 e. The lowest BCUT2D eigenvalue weighted by Gasteiger charge is -2.43. The van der Waals surface area contributed by atoms with Crippen LogP contribution in [0, 0.1) is 5.92 Å². The van der Waals surface area contributed by atoms with E-state index in [2.05, 4.69) is 10.00 Å². The zero-order chi connectivity index (χ0) is 11.7. The molecule has 1 aliphatic heterocycles. The van der Waals surface area contributed by atoms with E-state index in [1.807, 2.05) is 0 Å². The van der Waals surface area contributed by atoms with Crippen molar-refractivity contribution in [3.63, 3.8) is 0 Å². The van der Waals surface area contributed by atoms with Gasteiger partial charge in [-0.1, -0.05) is 12.8 Å². The van der Waals surface area contributed by atoms with Crippen LogP contribution in [0.3, 0.4) is 0 Å². The number of rotatable bonds is 3. The third-order valence-corrected chi connectivity index (χ3v) is 4.04. The van der Waals surface area contributed by atoms with Gasteiger partial charge in [0.25, 0.3) is 5.56 Å². The van der Waals surface area contributed by atoms with Crippen LogP contribution < -0.4 is 5.56 Å². The molecule has 4 nitrogen and oxygen atoms in total. The van der Waals surface area contributed by atoms with E-state index in [1.165, 1.54) is 25.7 Å². The second kappa shape index (κ2) is 4.61. The average molecular weight is 233 g/mol. The molecule has 0 atom stereocenters.